The van der Waals surface area contributed by atoms with Crippen molar-refractivity contribution in [3.8, 4) is 0 Å². The summed E-state index contributed by atoms with van der Waals surface area (Å²) in [5, 5.41) is 11.9. The number of hydrogen-bond acceptors (Lipinski definition) is 4. The minimum Gasteiger partial charge on any atom is -0.330 e. The monoisotopic (exact) mass is 209 g/mol. The molecule has 2 N–H and O–H groups in total. The minimum absolute atomic E-state index is 0.482. The topological polar surface area (TPSA) is 69.6 Å². The van der Waals surface area contributed by atoms with Crippen molar-refractivity contribution in [1.82, 2.24) is 20.2 Å². The van der Waals surface area contributed by atoms with Crippen LogP contribution in [-0.4, -0.2) is 26.8 Å². The van der Waals surface area contributed by atoms with Gasteiger partial charge in [0.05, 0.1) is 6.04 Å². The van der Waals surface area contributed by atoms with Gasteiger partial charge in [0.1, 0.15) is 0 Å². The van der Waals surface area contributed by atoms with E-state index in [0.29, 0.717) is 18.5 Å². The average Bonchev–Trinajstić information content (AvgIpc) is 2.67. The van der Waals surface area contributed by atoms with E-state index in [-0.39, 0.29) is 0 Å². The summed E-state index contributed by atoms with van der Waals surface area (Å²) < 4.78 is 2.00. The van der Waals surface area contributed by atoms with Crippen LogP contribution >= 0.6 is 0 Å². The Morgan fingerprint density at radius 2 is 2.20 bits per heavy atom. The van der Waals surface area contributed by atoms with Crippen LogP contribution in [0.3, 0.4) is 0 Å². The van der Waals surface area contributed by atoms with Gasteiger partial charge in [-0.25, -0.2) is 4.68 Å². The highest BCUT2D eigenvalue weighted by Gasteiger charge is 2.25. The summed E-state index contributed by atoms with van der Waals surface area (Å²) in [5.74, 6) is 1.62. The lowest BCUT2D eigenvalue weighted by molar-refractivity contribution is 0.232. The van der Waals surface area contributed by atoms with Crippen LogP contribution in [0.2, 0.25) is 0 Å². The van der Waals surface area contributed by atoms with E-state index in [1.54, 1.807) is 0 Å². The molecule has 1 heterocycles. The first-order valence-electron chi connectivity index (χ1n) is 5.79. The van der Waals surface area contributed by atoms with Crippen molar-refractivity contribution in [2.24, 2.45) is 11.7 Å². The first-order valence-corrected chi connectivity index (χ1v) is 5.79. The number of hydrogen-bond donors (Lipinski definition) is 1. The molecule has 0 amide bonds. The number of aromatic nitrogens is 4. The van der Waals surface area contributed by atoms with Crippen LogP contribution in [0.15, 0.2) is 0 Å². The van der Waals surface area contributed by atoms with Crippen LogP contribution in [0.5, 0.6) is 0 Å². The van der Waals surface area contributed by atoms with E-state index < -0.39 is 0 Å². The van der Waals surface area contributed by atoms with Gasteiger partial charge in [0, 0.05) is 6.42 Å². The minimum atomic E-state index is 0.482. The van der Waals surface area contributed by atoms with Gasteiger partial charge in [-0.3, -0.25) is 0 Å². The van der Waals surface area contributed by atoms with Crippen molar-refractivity contribution < 1.29 is 0 Å². The SMILES string of the molecule is CC1CCCCC1n1nnnc1CCN. The standard InChI is InChI=1S/C10H19N5/c1-8-4-2-3-5-9(8)15-10(6-7-11)12-13-14-15/h8-9H,2-7,11H2,1H3. The molecule has 1 saturated carbocycles. The molecule has 0 aliphatic heterocycles. The molecule has 1 aliphatic carbocycles. The number of rotatable bonds is 3. The molecular weight excluding hydrogens is 190 g/mol. The van der Waals surface area contributed by atoms with Crippen LogP contribution < -0.4 is 5.73 Å². The second-order valence-corrected chi connectivity index (χ2v) is 4.41. The van der Waals surface area contributed by atoms with Gasteiger partial charge in [-0.15, -0.1) is 5.10 Å². The zero-order valence-corrected chi connectivity index (χ0v) is 9.26. The van der Waals surface area contributed by atoms with Crippen LogP contribution in [0.4, 0.5) is 0 Å². The van der Waals surface area contributed by atoms with Gasteiger partial charge >= 0.3 is 0 Å². The molecule has 5 heteroatoms. The van der Waals surface area contributed by atoms with Crippen molar-refractivity contribution in [2.75, 3.05) is 6.54 Å². The molecule has 0 radical (unpaired) electrons. The van der Waals surface area contributed by atoms with E-state index in [2.05, 4.69) is 22.4 Å². The third-order valence-corrected chi connectivity index (χ3v) is 3.31. The molecule has 1 fully saturated rings. The van der Waals surface area contributed by atoms with Gasteiger partial charge < -0.3 is 5.73 Å². The fraction of sp³-hybridized carbons (Fsp3) is 0.900. The average molecular weight is 209 g/mol. The van der Waals surface area contributed by atoms with Gasteiger partial charge in [0.25, 0.3) is 0 Å². The quantitative estimate of drug-likeness (QED) is 0.803. The maximum absolute atomic E-state index is 5.54. The second-order valence-electron chi connectivity index (χ2n) is 4.41. The highest BCUT2D eigenvalue weighted by Crippen LogP contribution is 2.33. The molecule has 84 valence electrons. The van der Waals surface area contributed by atoms with Crippen molar-refractivity contribution in [3.05, 3.63) is 5.82 Å². The van der Waals surface area contributed by atoms with Crippen molar-refractivity contribution in [3.63, 3.8) is 0 Å². The lowest BCUT2D eigenvalue weighted by atomic mass is 9.86. The Labute approximate surface area is 90.0 Å². The highest BCUT2D eigenvalue weighted by atomic mass is 15.5. The summed E-state index contributed by atoms with van der Waals surface area (Å²) in [7, 11) is 0. The smallest absolute Gasteiger partial charge is 0.152 e. The van der Waals surface area contributed by atoms with E-state index in [4.69, 9.17) is 5.73 Å². The number of nitrogens with two attached hydrogens (primary N) is 1. The van der Waals surface area contributed by atoms with Gasteiger partial charge in [0.2, 0.25) is 0 Å². The molecule has 1 aromatic rings. The van der Waals surface area contributed by atoms with Crippen LogP contribution in [-0.2, 0) is 6.42 Å². The molecule has 1 aliphatic rings. The van der Waals surface area contributed by atoms with E-state index in [9.17, 15) is 0 Å². The van der Waals surface area contributed by atoms with Gasteiger partial charge in [-0.1, -0.05) is 19.8 Å². The fourth-order valence-corrected chi connectivity index (χ4v) is 2.42. The van der Waals surface area contributed by atoms with Crippen molar-refractivity contribution >= 4 is 0 Å². The molecule has 0 aromatic carbocycles. The Balaban J connectivity index is 2.15. The molecule has 2 atom stereocenters. The number of nitrogens with zero attached hydrogens (tertiary/aromatic N) is 4. The Hall–Kier alpha value is -0.970. The highest BCUT2D eigenvalue weighted by molar-refractivity contribution is 4.88. The Kier molecular flexibility index (Phi) is 3.30. The maximum Gasteiger partial charge on any atom is 0.152 e. The van der Waals surface area contributed by atoms with Gasteiger partial charge in [0.15, 0.2) is 5.82 Å². The summed E-state index contributed by atoms with van der Waals surface area (Å²) in [6.07, 6.45) is 5.88. The van der Waals surface area contributed by atoms with E-state index >= 15 is 0 Å². The summed E-state index contributed by atoms with van der Waals surface area (Å²) >= 11 is 0. The van der Waals surface area contributed by atoms with Crippen LogP contribution in [0, 0.1) is 5.92 Å². The zero-order valence-electron chi connectivity index (χ0n) is 9.26. The lowest BCUT2D eigenvalue weighted by Gasteiger charge is -2.28. The Morgan fingerprint density at radius 1 is 1.40 bits per heavy atom. The predicted molar refractivity (Wildman–Crippen MR) is 57.2 cm³/mol. The first-order chi connectivity index (χ1) is 7.33. The van der Waals surface area contributed by atoms with Crippen molar-refractivity contribution in [2.45, 2.75) is 45.1 Å². The largest absolute Gasteiger partial charge is 0.330 e. The third kappa shape index (κ3) is 2.17. The van der Waals surface area contributed by atoms with Crippen LogP contribution in [0.1, 0.15) is 44.5 Å². The second kappa shape index (κ2) is 4.70. The van der Waals surface area contributed by atoms with Crippen LogP contribution in [0.25, 0.3) is 0 Å². The molecule has 2 rings (SSSR count). The lowest BCUT2D eigenvalue weighted by Crippen LogP contribution is -2.24. The van der Waals surface area contributed by atoms with Gasteiger partial charge in [-0.2, -0.15) is 0 Å². The first kappa shape index (κ1) is 10.5. The molecule has 1 aromatic heterocycles. The summed E-state index contributed by atoms with van der Waals surface area (Å²) in [6.45, 7) is 2.90. The van der Waals surface area contributed by atoms with Gasteiger partial charge in [-0.05, 0) is 35.7 Å². The molecular formula is C10H19N5. The third-order valence-electron chi connectivity index (χ3n) is 3.31. The normalized spacial score (nSPS) is 26.8. The molecule has 15 heavy (non-hydrogen) atoms. The Morgan fingerprint density at radius 3 is 2.93 bits per heavy atom. The molecule has 2 unspecified atom stereocenters. The summed E-state index contributed by atoms with van der Waals surface area (Å²) in [6, 6.07) is 0.482. The molecule has 5 nitrogen and oxygen atoms in total. The number of tetrazole rings is 1. The maximum atomic E-state index is 5.54. The van der Waals surface area contributed by atoms with E-state index in [1.807, 2.05) is 4.68 Å². The molecule has 0 bridgehead atoms. The summed E-state index contributed by atoms with van der Waals surface area (Å²) in [5.41, 5.74) is 5.54. The van der Waals surface area contributed by atoms with E-state index in [0.717, 1.165) is 12.2 Å². The summed E-state index contributed by atoms with van der Waals surface area (Å²) in [4.78, 5) is 0. The molecule has 0 saturated heterocycles. The fourth-order valence-electron chi connectivity index (χ4n) is 2.42. The van der Waals surface area contributed by atoms with Crippen molar-refractivity contribution in [1.29, 1.82) is 0 Å². The zero-order chi connectivity index (χ0) is 10.7. The Bertz CT molecular complexity index is 309. The predicted octanol–water partition coefficient (Wildman–Crippen LogP) is 0.925. The molecule has 0 spiro atoms. The van der Waals surface area contributed by atoms with E-state index in [1.165, 1.54) is 25.7 Å².